The van der Waals surface area contributed by atoms with Crippen LogP contribution in [0.2, 0.25) is 0 Å². The van der Waals surface area contributed by atoms with Crippen molar-refractivity contribution in [3.8, 4) is 17.0 Å². The summed E-state index contributed by atoms with van der Waals surface area (Å²) >= 11 is 2.95. The molecule has 1 N–H and O–H groups in total. The number of thioether (sulfide) groups is 1. The number of fused-ring (bicyclic) bond motifs is 1. The number of hydrogen-bond donors (Lipinski definition) is 1. The van der Waals surface area contributed by atoms with Gasteiger partial charge in [-0.05, 0) is 63.3 Å². The van der Waals surface area contributed by atoms with Gasteiger partial charge in [0.2, 0.25) is 11.1 Å². The smallest absolute Gasteiger partial charge is 0.253 e. The fourth-order valence-electron chi connectivity index (χ4n) is 3.53. The maximum Gasteiger partial charge on any atom is 0.253 e. The molecule has 4 aromatic rings. The van der Waals surface area contributed by atoms with Gasteiger partial charge in [0.15, 0.2) is 5.13 Å². The number of ether oxygens (including phenoxy) is 1. The van der Waals surface area contributed by atoms with Crippen molar-refractivity contribution in [1.29, 1.82) is 0 Å². The van der Waals surface area contributed by atoms with Crippen LogP contribution < -0.4 is 10.1 Å². The Bertz CT molecular complexity index is 1280. The van der Waals surface area contributed by atoms with Crippen molar-refractivity contribution in [1.82, 2.24) is 24.6 Å². The SMILES string of the molecule is COc1ccc(-c2nc(NC(=O)CCc3c(C)nc4nc(SC)nn4c3C)sc2C)cc1. The van der Waals surface area contributed by atoms with Gasteiger partial charge in [-0.3, -0.25) is 4.79 Å². The maximum absolute atomic E-state index is 12.6. The van der Waals surface area contributed by atoms with Gasteiger partial charge in [-0.2, -0.15) is 4.98 Å². The molecule has 1 amide bonds. The number of nitrogens with one attached hydrogen (secondary N) is 1. The Morgan fingerprint density at radius 1 is 1.16 bits per heavy atom. The summed E-state index contributed by atoms with van der Waals surface area (Å²) in [6, 6.07) is 7.74. The van der Waals surface area contributed by atoms with E-state index in [2.05, 4.69) is 25.4 Å². The molecule has 3 aromatic heterocycles. The van der Waals surface area contributed by atoms with Gasteiger partial charge in [-0.25, -0.2) is 14.5 Å². The molecule has 0 aliphatic carbocycles. The van der Waals surface area contributed by atoms with Gasteiger partial charge in [-0.15, -0.1) is 16.4 Å². The fraction of sp³-hybridized carbons (Fsp3) is 0.318. The van der Waals surface area contributed by atoms with Gasteiger partial charge >= 0.3 is 0 Å². The molecule has 166 valence electrons. The first-order valence-corrected chi connectivity index (χ1v) is 12.1. The van der Waals surface area contributed by atoms with Crippen molar-refractivity contribution in [2.75, 3.05) is 18.7 Å². The van der Waals surface area contributed by atoms with E-state index in [-0.39, 0.29) is 5.91 Å². The molecule has 0 radical (unpaired) electrons. The first-order chi connectivity index (χ1) is 15.4. The quantitative estimate of drug-likeness (QED) is 0.400. The molecule has 3 heterocycles. The highest BCUT2D eigenvalue weighted by atomic mass is 32.2. The van der Waals surface area contributed by atoms with Crippen LogP contribution in [0, 0.1) is 20.8 Å². The van der Waals surface area contributed by atoms with E-state index in [1.165, 1.54) is 23.1 Å². The molecule has 32 heavy (non-hydrogen) atoms. The third-order valence-electron chi connectivity index (χ3n) is 5.22. The zero-order chi connectivity index (χ0) is 22.8. The normalized spacial score (nSPS) is 11.2. The first-order valence-electron chi connectivity index (χ1n) is 10.1. The lowest BCUT2D eigenvalue weighted by Crippen LogP contribution is -2.14. The molecule has 0 aliphatic heterocycles. The van der Waals surface area contributed by atoms with E-state index in [9.17, 15) is 4.79 Å². The second-order valence-corrected chi connectivity index (χ2v) is 9.25. The third-order valence-corrected chi connectivity index (χ3v) is 6.64. The standard InChI is InChI=1S/C22H24N6O2S2/c1-12-17(13(2)28-20(23-12)26-22(27-28)31-5)10-11-18(29)24-21-25-19(14(3)32-21)15-6-8-16(30-4)9-7-15/h6-9H,10-11H2,1-5H3,(H,24,25,29). The highest BCUT2D eigenvalue weighted by Crippen LogP contribution is 2.31. The highest BCUT2D eigenvalue weighted by Gasteiger charge is 2.16. The van der Waals surface area contributed by atoms with Crippen LogP contribution in [0.15, 0.2) is 29.4 Å². The van der Waals surface area contributed by atoms with E-state index in [1.54, 1.807) is 11.6 Å². The molecule has 8 nitrogen and oxygen atoms in total. The van der Waals surface area contributed by atoms with Gasteiger partial charge in [0, 0.05) is 28.2 Å². The van der Waals surface area contributed by atoms with Crippen LogP contribution in [0.5, 0.6) is 5.75 Å². The number of rotatable bonds is 7. The molecule has 0 bridgehead atoms. The Morgan fingerprint density at radius 3 is 2.59 bits per heavy atom. The van der Waals surface area contributed by atoms with Gasteiger partial charge in [0.1, 0.15) is 5.75 Å². The number of thiazole rings is 1. The summed E-state index contributed by atoms with van der Waals surface area (Å²) in [7, 11) is 1.64. The molecule has 0 fully saturated rings. The number of amides is 1. The lowest BCUT2D eigenvalue weighted by molar-refractivity contribution is -0.116. The lowest BCUT2D eigenvalue weighted by atomic mass is 10.1. The molecule has 1 aromatic carbocycles. The molecule has 0 atom stereocenters. The number of methoxy groups -OCH3 is 1. The number of aryl methyl sites for hydroxylation is 3. The Morgan fingerprint density at radius 2 is 1.91 bits per heavy atom. The van der Waals surface area contributed by atoms with E-state index >= 15 is 0 Å². The number of anilines is 1. The molecule has 0 aliphatic rings. The summed E-state index contributed by atoms with van der Waals surface area (Å²) in [5.74, 6) is 1.30. The van der Waals surface area contributed by atoms with Crippen LogP contribution in [-0.4, -0.2) is 43.8 Å². The first kappa shape index (κ1) is 22.2. The van der Waals surface area contributed by atoms with Crippen LogP contribution >= 0.6 is 23.1 Å². The zero-order valence-corrected chi connectivity index (χ0v) is 20.2. The van der Waals surface area contributed by atoms with E-state index in [0.29, 0.717) is 28.9 Å². The van der Waals surface area contributed by atoms with E-state index in [1.807, 2.05) is 51.3 Å². The van der Waals surface area contributed by atoms with E-state index < -0.39 is 0 Å². The molecular formula is C22H24N6O2S2. The van der Waals surface area contributed by atoms with Crippen molar-refractivity contribution < 1.29 is 9.53 Å². The van der Waals surface area contributed by atoms with E-state index in [4.69, 9.17) is 4.74 Å². The van der Waals surface area contributed by atoms with Crippen LogP contribution in [0.4, 0.5) is 5.13 Å². The molecule has 0 saturated heterocycles. The summed E-state index contributed by atoms with van der Waals surface area (Å²) in [6.07, 6.45) is 2.83. The largest absolute Gasteiger partial charge is 0.497 e. The van der Waals surface area contributed by atoms with Crippen molar-refractivity contribution >= 4 is 39.9 Å². The summed E-state index contributed by atoms with van der Waals surface area (Å²) in [5, 5.41) is 8.69. The monoisotopic (exact) mass is 468 g/mol. The van der Waals surface area contributed by atoms with Crippen LogP contribution in [0.3, 0.4) is 0 Å². The molecule has 0 unspecified atom stereocenters. The van der Waals surface area contributed by atoms with Gasteiger partial charge in [0.25, 0.3) is 5.78 Å². The number of aromatic nitrogens is 5. The average Bonchev–Trinajstić information content (AvgIpc) is 3.36. The zero-order valence-electron chi connectivity index (χ0n) is 18.6. The molecular weight excluding hydrogens is 444 g/mol. The predicted molar refractivity (Wildman–Crippen MR) is 128 cm³/mol. The number of carbonyl (C=O) groups is 1. The second-order valence-electron chi connectivity index (χ2n) is 7.27. The highest BCUT2D eigenvalue weighted by molar-refractivity contribution is 7.98. The van der Waals surface area contributed by atoms with Crippen molar-refractivity contribution in [2.24, 2.45) is 0 Å². The van der Waals surface area contributed by atoms with Gasteiger partial charge in [-0.1, -0.05) is 11.8 Å². The average molecular weight is 469 g/mol. The summed E-state index contributed by atoms with van der Waals surface area (Å²) in [5.41, 5.74) is 4.70. The number of carbonyl (C=O) groups excluding carboxylic acids is 1. The Hall–Kier alpha value is -2.98. The predicted octanol–water partition coefficient (Wildman–Crippen LogP) is 4.47. The number of hydrogen-bond acceptors (Lipinski definition) is 8. The lowest BCUT2D eigenvalue weighted by Gasteiger charge is -2.10. The van der Waals surface area contributed by atoms with Gasteiger partial charge in [0.05, 0.1) is 12.8 Å². The minimum atomic E-state index is -0.0812. The van der Waals surface area contributed by atoms with Crippen molar-refractivity contribution in [2.45, 2.75) is 38.8 Å². The Labute approximate surface area is 194 Å². The maximum atomic E-state index is 12.6. The summed E-state index contributed by atoms with van der Waals surface area (Å²) in [6.45, 7) is 5.93. The number of benzene rings is 1. The fourth-order valence-corrected chi connectivity index (χ4v) is 4.71. The topological polar surface area (TPSA) is 94.3 Å². The Kier molecular flexibility index (Phi) is 6.43. The number of nitrogens with zero attached hydrogens (tertiary/aromatic N) is 5. The molecule has 0 saturated carbocycles. The Balaban J connectivity index is 1.45. The van der Waals surface area contributed by atoms with E-state index in [0.717, 1.165) is 38.8 Å². The van der Waals surface area contributed by atoms with Crippen LogP contribution in [0.1, 0.15) is 28.2 Å². The second kappa shape index (κ2) is 9.25. The minimum Gasteiger partial charge on any atom is -0.497 e. The summed E-state index contributed by atoms with van der Waals surface area (Å²) in [4.78, 5) is 27.3. The molecule has 10 heteroatoms. The third kappa shape index (κ3) is 4.46. The molecule has 4 rings (SSSR count). The van der Waals surface area contributed by atoms with Crippen LogP contribution in [0.25, 0.3) is 17.0 Å². The molecule has 0 spiro atoms. The van der Waals surface area contributed by atoms with Crippen LogP contribution in [-0.2, 0) is 11.2 Å². The summed E-state index contributed by atoms with van der Waals surface area (Å²) < 4.78 is 6.96. The van der Waals surface area contributed by atoms with Crippen molar-refractivity contribution in [3.63, 3.8) is 0 Å². The minimum absolute atomic E-state index is 0.0812. The van der Waals surface area contributed by atoms with Gasteiger partial charge < -0.3 is 10.1 Å². The van der Waals surface area contributed by atoms with Crippen molar-refractivity contribution in [3.05, 3.63) is 46.1 Å².